The fraction of sp³-hybridized carbons (Fsp3) is 0.130. The highest BCUT2D eigenvalue weighted by Gasteiger charge is 2.26. The molecule has 1 aliphatic heterocycles. The maximum Gasteiger partial charge on any atom is 0.340 e. The largest absolute Gasteiger partial charge is 0.452 e. The molecule has 4 rings (SSSR count). The van der Waals surface area contributed by atoms with Crippen molar-refractivity contribution in [3.05, 3.63) is 88.9 Å². The van der Waals surface area contributed by atoms with Gasteiger partial charge in [-0.05, 0) is 54.4 Å². The van der Waals surface area contributed by atoms with Gasteiger partial charge in [-0.15, -0.1) is 0 Å². The lowest BCUT2D eigenvalue weighted by Gasteiger charge is -2.17. The topological polar surface area (TPSA) is 92.8 Å². The molecule has 9 heteroatoms. The summed E-state index contributed by atoms with van der Waals surface area (Å²) in [7, 11) is -3.96. The summed E-state index contributed by atoms with van der Waals surface area (Å²) in [6.07, 6.45) is 0.741. The molecular formula is C23H19ClN2O5S. The minimum absolute atomic E-state index is 0.000314. The summed E-state index contributed by atoms with van der Waals surface area (Å²) in [5.41, 5.74) is 1.92. The molecule has 1 heterocycles. The molecule has 3 aromatic rings. The number of anilines is 2. The first kappa shape index (κ1) is 21.9. The van der Waals surface area contributed by atoms with Crippen LogP contribution in [0.25, 0.3) is 0 Å². The van der Waals surface area contributed by atoms with Crippen LogP contribution in [0.5, 0.6) is 0 Å². The molecule has 164 valence electrons. The number of amides is 1. The highest BCUT2D eigenvalue weighted by molar-refractivity contribution is 7.92. The van der Waals surface area contributed by atoms with Gasteiger partial charge in [-0.2, -0.15) is 0 Å². The molecule has 1 amide bonds. The summed E-state index contributed by atoms with van der Waals surface area (Å²) >= 11 is 5.82. The number of benzene rings is 3. The second kappa shape index (κ2) is 9.02. The molecule has 0 atom stereocenters. The van der Waals surface area contributed by atoms with E-state index in [0.717, 1.165) is 17.7 Å². The van der Waals surface area contributed by atoms with Gasteiger partial charge in [0.05, 0.1) is 16.1 Å². The predicted molar refractivity (Wildman–Crippen MR) is 121 cm³/mol. The number of hydrogen-bond donors (Lipinski definition) is 1. The van der Waals surface area contributed by atoms with E-state index in [4.69, 9.17) is 16.3 Å². The smallest absolute Gasteiger partial charge is 0.340 e. The Morgan fingerprint density at radius 2 is 1.66 bits per heavy atom. The fourth-order valence-electron chi connectivity index (χ4n) is 3.45. The van der Waals surface area contributed by atoms with Crippen LogP contribution in [0.1, 0.15) is 15.9 Å². The SMILES string of the molecule is O=C(OCC(=O)N1CCc2ccccc21)c1ccccc1NS(=O)(=O)c1ccc(Cl)cc1. The van der Waals surface area contributed by atoms with Gasteiger partial charge in [0.2, 0.25) is 0 Å². The average molecular weight is 471 g/mol. The maximum atomic E-state index is 12.7. The van der Waals surface area contributed by atoms with E-state index in [0.29, 0.717) is 11.6 Å². The molecule has 0 saturated carbocycles. The number of halogens is 1. The van der Waals surface area contributed by atoms with Crippen LogP contribution >= 0.6 is 11.6 Å². The number of ether oxygens (including phenoxy) is 1. The van der Waals surface area contributed by atoms with Crippen molar-refractivity contribution in [2.24, 2.45) is 0 Å². The van der Waals surface area contributed by atoms with Crippen molar-refractivity contribution >= 4 is 44.9 Å². The lowest BCUT2D eigenvalue weighted by molar-refractivity contribution is -0.121. The minimum Gasteiger partial charge on any atom is -0.452 e. The highest BCUT2D eigenvalue weighted by Crippen LogP contribution is 2.27. The summed E-state index contributed by atoms with van der Waals surface area (Å²) in [5.74, 6) is -1.15. The van der Waals surface area contributed by atoms with Gasteiger partial charge in [-0.3, -0.25) is 9.52 Å². The minimum atomic E-state index is -3.96. The van der Waals surface area contributed by atoms with Crippen molar-refractivity contribution < 1.29 is 22.7 Å². The molecule has 0 unspecified atom stereocenters. The number of para-hydroxylation sites is 2. The molecule has 7 nitrogen and oxygen atoms in total. The zero-order valence-electron chi connectivity index (χ0n) is 16.8. The van der Waals surface area contributed by atoms with E-state index in [-0.39, 0.29) is 22.1 Å². The summed E-state index contributed by atoms with van der Waals surface area (Å²) in [4.78, 5) is 26.8. The van der Waals surface area contributed by atoms with Crippen molar-refractivity contribution in [3.8, 4) is 0 Å². The Bertz CT molecular complexity index is 1280. The lowest BCUT2D eigenvalue weighted by atomic mass is 10.2. The number of hydrogen-bond acceptors (Lipinski definition) is 5. The van der Waals surface area contributed by atoms with Gasteiger partial charge in [0, 0.05) is 17.3 Å². The summed E-state index contributed by atoms with van der Waals surface area (Å²) in [5, 5.41) is 0.401. The summed E-state index contributed by atoms with van der Waals surface area (Å²) < 4.78 is 33.0. The summed E-state index contributed by atoms with van der Waals surface area (Å²) in [6.45, 7) is 0.0681. The van der Waals surface area contributed by atoms with Crippen LogP contribution in [0.2, 0.25) is 5.02 Å². The van der Waals surface area contributed by atoms with Crippen molar-refractivity contribution in [1.29, 1.82) is 0 Å². The molecular weight excluding hydrogens is 452 g/mol. The van der Waals surface area contributed by atoms with Crippen LogP contribution in [0.3, 0.4) is 0 Å². The third-order valence-electron chi connectivity index (χ3n) is 5.03. The Balaban J connectivity index is 1.46. The first-order valence-electron chi connectivity index (χ1n) is 9.78. The van der Waals surface area contributed by atoms with Gasteiger partial charge in [0.15, 0.2) is 6.61 Å². The Labute approximate surface area is 190 Å². The number of nitrogens with zero attached hydrogens (tertiary/aromatic N) is 1. The average Bonchev–Trinajstić information content (AvgIpc) is 3.22. The van der Waals surface area contributed by atoms with Gasteiger partial charge in [0.25, 0.3) is 15.9 Å². The van der Waals surface area contributed by atoms with E-state index >= 15 is 0 Å². The van der Waals surface area contributed by atoms with Gasteiger partial charge in [0.1, 0.15) is 0 Å². The molecule has 3 aromatic carbocycles. The molecule has 0 radical (unpaired) electrons. The van der Waals surface area contributed by atoms with Crippen molar-refractivity contribution in [3.63, 3.8) is 0 Å². The number of nitrogens with one attached hydrogen (secondary N) is 1. The molecule has 0 spiro atoms. The van der Waals surface area contributed by atoms with E-state index in [9.17, 15) is 18.0 Å². The van der Waals surface area contributed by atoms with Crippen LogP contribution in [-0.4, -0.2) is 33.4 Å². The van der Waals surface area contributed by atoms with E-state index in [1.54, 1.807) is 17.0 Å². The fourth-order valence-corrected chi connectivity index (χ4v) is 4.65. The summed E-state index contributed by atoms with van der Waals surface area (Å²) in [6, 6.07) is 19.2. The van der Waals surface area contributed by atoms with Crippen LogP contribution in [0.15, 0.2) is 77.7 Å². The zero-order valence-corrected chi connectivity index (χ0v) is 18.4. The number of esters is 1. The lowest BCUT2D eigenvalue weighted by Crippen LogP contribution is -2.33. The first-order valence-corrected chi connectivity index (χ1v) is 11.6. The number of sulfonamides is 1. The normalized spacial score (nSPS) is 12.8. The van der Waals surface area contributed by atoms with E-state index < -0.39 is 22.6 Å². The van der Waals surface area contributed by atoms with Gasteiger partial charge in [-0.1, -0.05) is 41.9 Å². The number of fused-ring (bicyclic) bond motifs is 1. The predicted octanol–water partition coefficient (Wildman–Crippen LogP) is 3.89. The van der Waals surface area contributed by atoms with E-state index in [1.807, 2.05) is 24.3 Å². The van der Waals surface area contributed by atoms with Gasteiger partial charge >= 0.3 is 5.97 Å². The van der Waals surface area contributed by atoms with Crippen molar-refractivity contribution in [2.75, 3.05) is 22.8 Å². The molecule has 0 aromatic heterocycles. The van der Waals surface area contributed by atoms with Crippen molar-refractivity contribution in [2.45, 2.75) is 11.3 Å². The first-order chi connectivity index (χ1) is 15.3. The Hall–Kier alpha value is -3.36. The van der Waals surface area contributed by atoms with Crippen molar-refractivity contribution in [1.82, 2.24) is 0 Å². The van der Waals surface area contributed by atoms with E-state index in [1.165, 1.54) is 36.4 Å². The van der Waals surface area contributed by atoms with Crippen LogP contribution in [-0.2, 0) is 26.0 Å². The molecule has 0 aliphatic carbocycles. The molecule has 1 N–H and O–H groups in total. The number of carbonyl (C=O) groups excluding carboxylic acids is 2. The Morgan fingerprint density at radius 3 is 2.44 bits per heavy atom. The van der Waals surface area contributed by atoms with Gasteiger partial charge < -0.3 is 9.64 Å². The molecule has 1 aliphatic rings. The number of carbonyl (C=O) groups is 2. The molecule has 0 saturated heterocycles. The quantitative estimate of drug-likeness (QED) is 0.552. The second-order valence-electron chi connectivity index (χ2n) is 7.11. The number of rotatable bonds is 6. The molecule has 0 fully saturated rings. The van der Waals surface area contributed by atoms with Gasteiger partial charge in [-0.25, -0.2) is 13.2 Å². The zero-order chi connectivity index (χ0) is 22.7. The maximum absolute atomic E-state index is 12.7. The standard InChI is InChI=1S/C23H19ClN2O5S/c24-17-9-11-18(12-10-17)32(29,30)25-20-7-3-2-6-19(20)23(28)31-15-22(27)26-14-13-16-5-1-4-8-21(16)26/h1-12,25H,13-15H2. The molecule has 32 heavy (non-hydrogen) atoms. The van der Waals surface area contributed by atoms with Crippen LogP contribution in [0, 0.1) is 0 Å². The highest BCUT2D eigenvalue weighted by atomic mass is 35.5. The van der Waals surface area contributed by atoms with Crippen LogP contribution in [0.4, 0.5) is 11.4 Å². The van der Waals surface area contributed by atoms with E-state index in [2.05, 4.69) is 4.72 Å². The molecule has 0 bridgehead atoms. The monoisotopic (exact) mass is 470 g/mol. The Kier molecular flexibility index (Phi) is 6.16. The second-order valence-corrected chi connectivity index (χ2v) is 9.22. The van der Waals surface area contributed by atoms with Crippen LogP contribution < -0.4 is 9.62 Å². The third kappa shape index (κ3) is 4.61. The Morgan fingerprint density at radius 1 is 0.969 bits per heavy atom. The third-order valence-corrected chi connectivity index (χ3v) is 6.66.